The molecule has 0 aromatic carbocycles. The zero-order valence-corrected chi connectivity index (χ0v) is 12.2. The molecule has 3 unspecified atom stereocenters. The summed E-state index contributed by atoms with van der Waals surface area (Å²) in [4.78, 5) is 0. The fraction of sp³-hybridized carbons (Fsp3) is 0.867. The second kappa shape index (κ2) is 3.81. The molecule has 1 aromatic heterocycles. The van der Waals surface area contributed by atoms with Crippen molar-refractivity contribution >= 4 is 0 Å². The molecule has 2 heterocycles. The van der Waals surface area contributed by atoms with Crippen LogP contribution in [0.1, 0.15) is 63.6 Å². The molecule has 4 rings (SSSR count). The Balaban J connectivity index is 1.68. The standard InChI is InChI=1S/C15H24N4/c1-15(2,3)12-14-18-17-13(19(14)8-7-16-12)11-9-5-4-6-10(9)11/h9-12,16H,4-8H2,1-3H3. The van der Waals surface area contributed by atoms with Crippen molar-refractivity contribution in [3.8, 4) is 0 Å². The zero-order valence-electron chi connectivity index (χ0n) is 12.2. The second-order valence-electron chi connectivity index (χ2n) is 7.61. The van der Waals surface area contributed by atoms with E-state index >= 15 is 0 Å². The predicted octanol–water partition coefficient (Wildman–Crippen LogP) is 2.48. The molecule has 4 heteroatoms. The first-order valence-corrected chi connectivity index (χ1v) is 7.74. The first kappa shape index (κ1) is 11.9. The predicted molar refractivity (Wildman–Crippen MR) is 73.8 cm³/mol. The lowest BCUT2D eigenvalue weighted by Crippen LogP contribution is -2.41. The molecule has 4 nitrogen and oxygen atoms in total. The fourth-order valence-corrected chi connectivity index (χ4v) is 4.33. The molecule has 104 valence electrons. The molecule has 0 amide bonds. The van der Waals surface area contributed by atoms with E-state index < -0.39 is 0 Å². The second-order valence-corrected chi connectivity index (χ2v) is 7.61. The third-order valence-electron chi connectivity index (χ3n) is 5.32. The van der Waals surface area contributed by atoms with Gasteiger partial charge in [-0.05, 0) is 30.1 Å². The molecule has 2 fully saturated rings. The first-order chi connectivity index (χ1) is 9.07. The van der Waals surface area contributed by atoms with Crippen LogP contribution in [-0.4, -0.2) is 21.3 Å². The molecule has 3 atom stereocenters. The number of rotatable bonds is 1. The number of nitrogens with zero attached hydrogens (tertiary/aromatic N) is 3. The number of aromatic nitrogens is 3. The number of fused-ring (bicyclic) bond motifs is 2. The summed E-state index contributed by atoms with van der Waals surface area (Å²) in [5.41, 5.74) is 0.196. The van der Waals surface area contributed by atoms with Crippen LogP contribution >= 0.6 is 0 Å². The van der Waals surface area contributed by atoms with Crippen LogP contribution in [0.3, 0.4) is 0 Å². The number of hydrogen-bond donors (Lipinski definition) is 1. The van der Waals surface area contributed by atoms with E-state index in [0.29, 0.717) is 6.04 Å². The van der Waals surface area contributed by atoms with Crippen molar-refractivity contribution in [1.29, 1.82) is 0 Å². The summed E-state index contributed by atoms with van der Waals surface area (Å²) in [6.45, 7) is 8.92. The Bertz CT molecular complexity index is 489. The van der Waals surface area contributed by atoms with Crippen LogP contribution in [0.4, 0.5) is 0 Å². The van der Waals surface area contributed by atoms with E-state index in [0.717, 1.165) is 30.8 Å². The summed E-state index contributed by atoms with van der Waals surface area (Å²) >= 11 is 0. The van der Waals surface area contributed by atoms with E-state index in [1.807, 2.05) is 0 Å². The van der Waals surface area contributed by atoms with Crippen molar-refractivity contribution in [2.45, 2.75) is 58.5 Å². The summed E-state index contributed by atoms with van der Waals surface area (Å²) in [6.07, 6.45) is 4.26. The molecular formula is C15H24N4. The van der Waals surface area contributed by atoms with Gasteiger partial charge in [0.2, 0.25) is 0 Å². The SMILES string of the molecule is CC(C)(C)C1NCCn2c(C3C4CCCC43)nnc21. The first-order valence-electron chi connectivity index (χ1n) is 7.74. The number of hydrogen-bond acceptors (Lipinski definition) is 3. The molecule has 1 aromatic rings. The van der Waals surface area contributed by atoms with Gasteiger partial charge in [-0.2, -0.15) is 0 Å². The van der Waals surface area contributed by atoms with E-state index in [9.17, 15) is 0 Å². The summed E-state index contributed by atoms with van der Waals surface area (Å²) in [5, 5.41) is 12.7. The summed E-state index contributed by atoms with van der Waals surface area (Å²) in [6, 6.07) is 0.334. The quantitative estimate of drug-likeness (QED) is 0.843. The maximum absolute atomic E-state index is 4.58. The molecule has 0 saturated heterocycles. The Morgan fingerprint density at radius 1 is 1.11 bits per heavy atom. The van der Waals surface area contributed by atoms with Gasteiger partial charge in [0.25, 0.3) is 0 Å². The van der Waals surface area contributed by atoms with Crippen molar-refractivity contribution in [3.63, 3.8) is 0 Å². The van der Waals surface area contributed by atoms with Crippen molar-refractivity contribution in [3.05, 3.63) is 11.6 Å². The van der Waals surface area contributed by atoms with Gasteiger partial charge in [-0.25, -0.2) is 0 Å². The zero-order chi connectivity index (χ0) is 13.2. The van der Waals surface area contributed by atoms with Gasteiger partial charge in [0.05, 0.1) is 6.04 Å². The third kappa shape index (κ3) is 1.69. The van der Waals surface area contributed by atoms with Crippen LogP contribution in [0, 0.1) is 17.3 Å². The topological polar surface area (TPSA) is 42.7 Å². The lowest BCUT2D eigenvalue weighted by Gasteiger charge is -2.34. The molecular weight excluding hydrogens is 236 g/mol. The Morgan fingerprint density at radius 3 is 2.47 bits per heavy atom. The Kier molecular flexibility index (Phi) is 2.39. The third-order valence-corrected chi connectivity index (χ3v) is 5.32. The van der Waals surface area contributed by atoms with E-state index in [4.69, 9.17) is 0 Å². The van der Waals surface area contributed by atoms with Crippen LogP contribution in [0.2, 0.25) is 0 Å². The van der Waals surface area contributed by atoms with Gasteiger partial charge >= 0.3 is 0 Å². The lowest BCUT2D eigenvalue weighted by atomic mass is 9.85. The van der Waals surface area contributed by atoms with E-state index in [1.165, 1.54) is 30.9 Å². The van der Waals surface area contributed by atoms with Crippen LogP contribution in [-0.2, 0) is 6.54 Å². The van der Waals surface area contributed by atoms with Crippen molar-refractivity contribution < 1.29 is 0 Å². The van der Waals surface area contributed by atoms with Crippen LogP contribution in [0.5, 0.6) is 0 Å². The van der Waals surface area contributed by atoms with Gasteiger partial charge in [0.1, 0.15) is 5.82 Å². The minimum atomic E-state index is 0.196. The van der Waals surface area contributed by atoms with Gasteiger partial charge < -0.3 is 9.88 Å². The van der Waals surface area contributed by atoms with E-state index in [-0.39, 0.29) is 5.41 Å². The molecule has 19 heavy (non-hydrogen) atoms. The normalized spacial score (nSPS) is 37.0. The highest BCUT2D eigenvalue weighted by Crippen LogP contribution is 2.62. The van der Waals surface area contributed by atoms with Gasteiger partial charge in [-0.3, -0.25) is 0 Å². The smallest absolute Gasteiger partial charge is 0.150 e. The van der Waals surface area contributed by atoms with Gasteiger partial charge in [0.15, 0.2) is 5.82 Å². The van der Waals surface area contributed by atoms with Crippen LogP contribution in [0.15, 0.2) is 0 Å². The molecule has 0 radical (unpaired) electrons. The molecule has 2 aliphatic carbocycles. The maximum Gasteiger partial charge on any atom is 0.150 e. The highest BCUT2D eigenvalue weighted by Gasteiger charge is 2.56. The molecule has 2 saturated carbocycles. The summed E-state index contributed by atoms with van der Waals surface area (Å²) in [7, 11) is 0. The molecule has 1 N–H and O–H groups in total. The average Bonchev–Trinajstić information content (AvgIpc) is 2.80. The molecule has 3 aliphatic rings. The highest BCUT2D eigenvalue weighted by atomic mass is 15.3. The van der Waals surface area contributed by atoms with Gasteiger partial charge in [-0.1, -0.05) is 27.2 Å². The summed E-state index contributed by atoms with van der Waals surface area (Å²) < 4.78 is 2.43. The molecule has 0 bridgehead atoms. The van der Waals surface area contributed by atoms with Crippen LogP contribution in [0.25, 0.3) is 0 Å². The Labute approximate surface area is 115 Å². The van der Waals surface area contributed by atoms with Crippen molar-refractivity contribution in [2.75, 3.05) is 6.54 Å². The Morgan fingerprint density at radius 2 is 1.79 bits per heavy atom. The highest BCUT2D eigenvalue weighted by molar-refractivity contribution is 5.21. The lowest BCUT2D eigenvalue weighted by molar-refractivity contribution is 0.232. The number of nitrogens with one attached hydrogen (secondary N) is 1. The minimum Gasteiger partial charge on any atom is -0.312 e. The average molecular weight is 260 g/mol. The monoisotopic (exact) mass is 260 g/mol. The molecule has 0 spiro atoms. The van der Waals surface area contributed by atoms with Crippen molar-refractivity contribution in [1.82, 2.24) is 20.1 Å². The summed E-state index contributed by atoms with van der Waals surface area (Å²) in [5.74, 6) is 5.04. The van der Waals surface area contributed by atoms with Crippen LogP contribution < -0.4 is 5.32 Å². The maximum atomic E-state index is 4.58. The molecule has 1 aliphatic heterocycles. The van der Waals surface area contributed by atoms with E-state index in [1.54, 1.807) is 0 Å². The largest absolute Gasteiger partial charge is 0.312 e. The Hall–Kier alpha value is -0.900. The fourth-order valence-electron chi connectivity index (χ4n) is 4.33. The van der Waals surface area contributed by atoms with E-state index in [2.05, 4.69) is 40.9 Å². The minimum absolute atomic E-state index is 0.196. The van der Waals surface area contributed by atoms with Crippen molar-refractivity contribution in [2.24, 2.45) is 17.3 Å². The van der Waals surface area contributed by atoms with Gasteiger partial charge in [0, 0.05) is 19.0 Å². The van der Waals surface area contributed by atoms with Gasteiger partial charge in [-0.15, -0.1) is 10.2 Å².